The zero-order chi connectivity index (χ0) is 13.3. The summed E-state index contributed by atoms with van der Waals surface area (Å²) < 4.78 is 6.84. The molecule has 0 saturated carbocycles. The number of aryl methyl sites for hydroxylation is 1. The molecule has 0 aliphatic carbocycles. The van der Waals surface area contributed by atoms with E-state index in [-0.39, 0.29) is 6.61 Å². The van der Waals surface area contributed by atoms with Crippen LogP contribution in [0.4, 0.5) is 0 Å². The largest absolute Gasteiger partial charge is 0.480 e. The molecular formula is C10H13N5O3. The van der Waals surface area contributed by atoms with E-state index in [9.17, 15) is 4.79 Å². The van der Waals surface area contributed by atoms with Gasteiger partial charge in [-0.2, -0.15) is 14.6 Å². The van der Waals surface area contributed by atoms with Gasteiger partial charge in [0.05, 0.1) is 0 Å². The number of carbonyl (C=O) groups is 1. The number of rotatable bonds is 4. The number of fused-ring (bicyclic) bond motifs is 1. The van der Waals surface area contributed by atoms with E-state index in [1.165, 1.54) is 10.8 Å². The Kier molecular flexibility index (Phi) is 3.11. The molecule has 0 aliphatic heterocycles. The van der Waals surface area contributed by atoms with Crippen molar-refractivity contribution in [2.45, 2.75) is 19.9 Å². The second kappa shape index (κ2) is 4.57. The standard InChI is InChI=1S/C10H13N5O3/c1-5-6(2)14-10-12-4-13-15(10)8(5)18-3-7(11)9(16)17/h4,7H,3,11H2,1-2H3,(H,16,17). The minimum Gasteiger partial charge on any atom is -0.480 e. The summed E-state index contributed by atoms with van der Waals surface area (Å²) >= 11 is 0. The molecule has 2 rings (SSSR count). The molecule has 3 N–H and O–H groups in total. The molecule has 0 fully saturated rings. The number of hydrogen-bond donors (Lipinski definition) is 2. The lowest BCUT2D eigenvalue weighted by atomic mass is 10.2. The fourth-order valence-electron chi connectivity index (χ4n) is 1.41. The van der Waals surface area contributed by atoms with Gasteiger partial charge in [-0.25, -0.2) is 4.98 Å². The number of aliphatic carboxylic acids is 1. The molecule has 0 spiro atoms. The molecule has 8 heteroatoms. The number of nitrogens with zero attached hydrogens (tertiary/aromatic N) is 4. The van der Waals surface area contributed by atoms with E-state index < -0.39 is 12.0 Å². The van der Waals surface area contributed by atoms with Gasteiger partial charge in [0.15, 0.2) is 0 Å². The van der Waals surface area contributed by atoms with Gasteiger partial charge in [0.2, 0.25) is 5.88 Å². The van der Waals surface area contributed by atoms with Crippen molar-refractivity contribution in [3.8, 4) is 5.88 Å². The van der Waals surface area contributed by atoms with E-state index in [0.29, 0.717) is 11.7 Å². The predicted octanol–water partition coefficient (Wildman–Crippen LogP) is -0.468. The van der Waals surface area contributed by atoms with Crippen molar-refractivity contribution in [3.63, 3.8) is 0 Å². The van der Waals surface area contributed by atoms with Crippen LogP contribution in [0.1, 0.15) is 11.3 Å². The lowest BCUT2D eigenvalue weighted by Crippen LogP contribution is -2.36. The van der Waals surface area contributed by atoms with E-state index in [2.05, 4.69) is 15.1 Å². The summed E-state index contributed by atoms with van der Waals surface area (Å²) in [6.45, 7) is 3.48. The Labute approximate surface area is 102 Å². The van der Waals surface area contributed by atoms with Crippen LogP contribution in [0, 0.1) is 13.8 Å². The van der Waals surface area contributed by atoms with E-state index in [1.54, 1.807) is 0 Å². The van der Waals surface area contributed by atoms with Crippen molar-refractivity contribution >= 4 is 11.7 Å². The minimum absolute atomic E-state index is 0.144. The van der Waals surface area contributed by atoms with Gasteiger partial charge < -0.3 is 15.6 Å². The number of carboxylic acid groups (broad SMARTS) is 1. The monoisotopic (exact) mass is 251 g/mol. The van der Waals surface area contributed by atoms with E-state index >= 15 is 0 Å². The van der Waals surface area contributed by atoms with Gasteiger partial charge >= 0.3 is 5.97 Å². The maximum Gasteiger partial charge on any atom is 0.324 e. The predicted molar refractivity (Wildman–Crippen MR) is 61.4 cm³/mol. The summed E-state index contributed by atoms with van der Waals surface area (Å²) in [5.74, 6) is -0.308. The summed E-state index contributed by atoms with van der Waals surface area (Å²) in [4.78, 5) is 18.8. The average molecular weight is 251 g/mol. The Balaban J connectivity index is 2.34. The van der Waals surface area contributed by atoms with E-state index in [0.717, 1.165) is 11.3 Å². The molecule has 0 radical (unpaired) electrons. The molecule has 0 saturated heterocycles. The zero-order valence-corrected chi connectivity index (χ0v) is 9.99. The smallest absolute Gasteiger partial charge is 0.324 e. The molecule has 2 aromatic rings. The molecule has 1 unspecified atom stereocenters. The Morgan fingerprint density at radius 3 is 3.00 bits per heavy atom. The SMILES string of the molecule is Cc1nc2ncnn2c(OCC(N)C(=O)O)c1C. The fraction of sp³-hybridized carbons (Fsp3) is 0.400. The average Bonchev–Trinajstić information content (AvgIpc) is 2.76. The van der Waals surface area contributed by atoms with Crippen molar-refractivity contribution in [2.75, 3.05) is 6.61 Å². The van der Waals surface area contributed by atoms with Gasteiger partial charge in [0, 0.05) is 11.3 Å². The zero-order valence-electron chi connectivity index (χ0n) is 9.99. The summed E-state index contributed by atoms with van der Waals surface area (Å²) in [6, 6.07) is -1.09. The Hall–Kier alpha value is -2.22. The van der Waals surface area contributed by atoms with Crippen LogP contribution in [0.3, 0.4) is 0 Å². The molecule has 0 aliphatic rings. The Bertz CT molecular complexity index is 594. The van der Waals surface area contributed by atoms with Crippen molar-refractivity contribution in [1.29, 1.82) is 0 Å². The second-order valence-corrected chi connectivity index (χ2v) is 3.85. The van der Waals surface area contributed by atoms with Gasteiger partial charge in [-0.15, -0.1) is 0 Å². The number of ether oxygens (including phenoxy) is 1. The normalized spacial score (nSPS) is 12.6. The molecule has 18 heavy (non-hydrogen) atoms. The van der Waals surface area contributed by atoms with Crippen LogP contribution in [0.15, 0.2) is 6.33 Å². The van der Waals surface area contributed by atoms with Crippen LogP contribution >= 0.6 is 0 Å². The number of nitrogens with two attached hydrogens (primary N) is 1. The molecule has 0 aromatic carbocycles. The Morgan fingerprint density at radius 1 is 1.61 bits per heavy atom. The molecule has 2 aromatic heterocycles. The second-order valence-electron chi connectivity index (χ2n) is 3.85. The lowest BCUT2D eigenvalue weighted by molar-refractivity contribution is -0.139. The topological polar surface area (TPSA) is 116 Å². The van der Waals surface area contributed by atoms with Crippen LogP contribution in [-0.2, 0) is 4.79 Å². The highest BCUT2D eigenvalue weighted by atomic mass is 16.5. The van der Waals surface area contributed by atoms with Crippen molar-refractivity contribution in [2.24, 2.45) is 5.73 Å². The molecule has 0 amide bonds. The highest BCUT2D eigenvalue weighted by Crippen LogP contribution is 2.20. The number of aromatic nitrogens is 4. The summed E-state index contributed by atoms with van der Waals surface area (Å²) in [6.07, 6.45) is 1.35. The first-order valence-corrected chi connectivity index (χ1v) is 5.29. The van der Waals surface area contributed by atoms with Crippen molar-refractivity contribution in [1.82, 2.24) is 19.6 Å². The maximum atomic E-state index is 10.6. The maximum absolute atomic E-state index is 10.6. The van der Waals surface area contributed by atoms with Gasteiger partial charge in [0.25, 0.3) is 5.78 Å². The van der Waals surface area contributed by atoms with Gasteiger partial charge in [-0.3, -0.25) is 4.79 Å². The highest BCUT2D eigenvalue weighted by Gasteiger charge is 2.16. The molecule has 2 heterocycles. The molecular weight excluding hydrogens is 238 g/mol. The third-order valence-electron chi connectivity index (χ3n) is 2.57. The van der Waals surface area contributed by atoms with Crippen LogP contribution in [-0.4, -0.2) is 43.3 Å². The number of hydrogen-bond acceptors (Lipinski definition) is 6. The lowest BCUT2D eigenvalue weighted by Gasteiger charge is -2.13. The fourth-order valence-corrected chi connectivity index (χ4v) is 1.41. The summed E-state index contributed by atoms with van der Waals surface area (Å²) in [5.41, 5.74) is 6.90. The van der Waals surface area contributed by atoms with Crippen molar-refractivity contribution < 1.29 is 14.6 Å². The first kappa shape index (κ1) is 12.2. The molecule has 8 nitrogen and oxygen atoms in total. The molecule has 0 bridgehead atoms. The van der Waals surface area contributed by atoms with Crippen molar-refractivity contribution in [3.05, 3.63) is 17.6 Å². The summed E-state index contributed by atoms with van der Waals surface area (Å²) in [7, 11) is 0. The first-order valence-electron chi connectivity index (χ1n) is 5.29. The summed E-state index contributed by atoms with van der Waals surface area (Å²) in [5, 5.41) is 12.7. The highest BCUT2D eigenvalue weighted by molar-refractivity contribution is 5.73. The van der Waals surface area contributed by atoms with Crippen LogP contribution in [0.25, 0.3) is 5.78 Å². The Morgan fingerprint density at radius 2 is 2.33 bits per heavy atom. The number of carboxylic acids is 1. The third kappa shape index (κ3) is 2.09. The van der Waals surface area contributed by atoms with Crippen LogP contribution in [0.5, 0.6) is 5.88 Å². The third-order valence-corrected chi connectivity index (χ3v) is 2.57. The quantitative estimate of drug-likeness (QED) is 0.754. The van der Waals surface area contributed by atoms with Gasteiger partial charge in [-0.05, 0) is 13.8 Å². The molecule has 1 atom stereocenters. The molecule has 96 valence electrons. The van der Waals surface area contributed by atoms with E-state index in [1.807, 2.05) is 13.8 Å². The van der Waals surface area contributed by atoms with Crippen LogP contribution in [0.2, 0.25) is 0 Å². The van der Waals surface area contributed by atoms with Gasteiger partial charge in [-0.1, -0.05) is 0 Å². The first-order chi connectivity index (χ1) is 8.50. The van der Waals surface area contributed by atoms with E-state index in [4.69, 9.17) is 15.6 Å². The minimum atomic E-state index is -1.12. The van der Waals surface area contributed by atoms with Gasteiger partial charge in [0.1, 0.15) is 19.0 Å². The van der Waals surface area contributed by atoms with Crippen LogP contribution < -0.4 is 10.5 Å².